The van der Waals surface area contributed by atoms with E-state index in [4.69, 9.17) is 0 Å². The summed E-state index contributed by atoms with van der Waals surface area (Å²) in [6.45, 7) is 2.56. The highest BCUT2D eigenvalue weighted by atomic mass is 32.2. The molecule has 3 amide bonds. The van der Waals surface area contributed by atoms with E-state index in [2.05, 4.69) is 34.6 Å². The number of amides is 3. The molecule has 2 unspecified atom stereocenters. The van der Waals surface area contributed by atoms with Crippen LogP contribution in [-0.4, -0.2) is 58.5 Å². The molecular weight excluding hydrogens is 348 g/mol. The van der Waals surface area contributed by atoms with Gasteiger partial charge in [0.2, 0.25) is 0 Å². The fourth-order valence-corrected chi connectivity index (χ4v) is 4.12. The molecule has 0 aliphatic carbocycles. The van der Waals surface area contributed by atoms with Gasteiger partial charge in [0.1, 0.15) is 0 Å². The third kappa shape index (κ3) is 3.93. The van der Waals surface area contributed by atoms with Crippen molar-refractivity contribution in [3.05, 3.63) is 48.0 Å². The first-order valence-corrected chi connectivity index (χ1v) is 9.80. The Labute approximate surface area is 158 Å². The number of aliphatic imine (C=N–C) groups is 1. The van der Waals surface area contributed by atoms with Gasteiger partial charge in [0.25, 0.3) is 5.91 Å². The number of hydrogen-bond donors (Lipinski definition) is 1. The average molecular weight is 372 g/mol. The van der Waals surface area contributed by atoms with Gasteiger partial charge in [0.05, 0.1) is 0 Å². The smallest absolute Gasteiger partial charge is 0.325 e. The summed E-state index contributed by atoms with van der Waals surface area (Å²) >= 11 is 1.66. The lowest BCUT2D eigenvalue weighted by atomic mass is 10.1. The number of rotatable bonds is 6. The molecule has 0 bridgehead atoms. The van der Waals surface area contributed by atoms with Crippen molar-refractivity contribution < 1.29 is 9.59 Å². The van der Waals surface area contributed by atoms with Crippen molar-refractivity contribution in [2.45, 2.75) is 32.0 Å². The van der Waals surface area contributed by atoms with E-state index in [0.29, 0.717) is 6.54 Å². The molecule has 0 aromatic heterocycles. The summed E-state index contributed by atoms with van der Waals surface area (Å²) in [4.78, 5) is 32.4. The highest BCUT2D eigenvalue weighted by Gasteiger charge is 2.48. The van der Waals surface area contributed by atoms with Crippen LogP contribution in [0.15, 0.2) is 47.5 Å². The van der Waals surface area contributed by atoms with Crippen LogP contribution >= 0.6 is 11.8 Å². The summed E-state index contributed by atoms with van der Waals surface area (Å²) in [7, 11) is 1.68. The van der Waals surface area contributed by atoms with Crippen molar-refractivity contribution in [2.75, 3.05) is 19.3 Å². The normalized spacial score (nSPS) is 22.6. The summed E-state index contributed by atoms with van der Waals surface area (Å²) in [5, 5.41) is 3.25. The molecule has 1 fully saturated rings. The summed E-state index contributed by atoms with van der Waals surface area (Å²) in [5.41, 5.74) is 1.32. The number of imide groups is 1. The van der Waals surface area contributed by atoms with Gasteiger partial charge in [-0.2, -0.15) is 0 Å². The maximum Gasteiger partial charge on any atom is 0.325 e. The lowest BCUT2D eigenvalue weighted by Crippen LogP contribution is -2.63. The number of likely N-dealkylation sites (N-methyl/N-ethyl adjacent to an activating group) is 1. The number of carbonyl (C=O) groups excluding carboxylic acids is 2. The van der Waals surface area contributed by atoms with Gasteiger partial charge < -0.3 is 9.80 Å². The molecule has 2 heterocycles. The molecular formula is C19H24N4O2S. The predicted octanol–water partition coefficient (Wildman–Crippen LogP) is 2.48. The summed E-state index contributed by atoms with van der Waals surface area (Å²) in [5.74, 6) is 0.643. The van der Waals surface area contributed by atoms with E-state index < -0.39 is 12.2 Å². The maximum atomic E-state index is 12.4. The van der Waals surface area contributed by atoms with Crippen LogP contribution in [0.1, 0.15) is 18.9 Å². The predicted molar refractivity (Wildman–Crippen MR) is 105 cm³/mol. The topological polar surface area (TPSA) is 65.0 Å². The molecule has 1 aromatic rings. The molecule has 1 aromatic carbocycles. The number of allylic oxidation sites excluding steroid dienone is 1. The molecule has 138 valence electrons. The van der Waals surface area contributed by atoms with Gasteiger partial charge in [0, 0.05) is 19.3 Å². The average Bonchev–Trinajstić information content (AvgIpc) is 3.01. The van der Waals surface area contributed by atoms with Gasteiger partial charge in [-0.05, 0) is 25.3 Å². The number of thioether (sulfide) groups is 1. The number of hydrogen-bond acceptors (Lipinski definition) is 5. The lowest BCUT2D eigenvalue weighted by molar-refractivity contribution is -0.126. The number of aryl methyl sites for hydroxylation is 1. The Balaban J connectivity index is 1.65. The van der Waals surface area contributed by atoms with Crippen LogP contribution in [0.2, 0.25) is 0 Å². The summed E-state index contributed by atoms with van der Waals surface area (Å²) in [6.07, 6.45) is 5.56. The molecule has 2 aliphatic heterocycles. The standard InChI is InChI=1S/C19H24N4O2S/c1-3-4-12-23-15-16(22(2)18(25)21-17(15)24)20-19(23)26-13-8-11-14-9-6-5-7-10-14/h3-7,9-10,15-16H,8,11-13H2,1-2H3,(H,21,24,25)/b4-3+. The highest BCUT2D eigenvalue weighted by molar-refractivity contribution is 8.13. The zero-order valence-corrected chi connectivity index (χ0v) is 15.9. The zero-order valence-electron chi connectivity index (χ0n) is 15.1. The molecule has 6 nitrogen and oxygen atoms in total. The van der Waals surface area contributed by atoms with Gasteiger partial charge in [-0.15, -0.1) is 0 Å². The second kappa shape index (κ2) is 8.40. The van der Waals surface area contributed by atoms with E-state index in [1.165, 1.54) is 10.5 Å². The third-order valence-corrected chi connectivity index (χ3v) is 5.64. The first kappa shape index (κ1) is 18.5. The van der Waals surface area contributed by atoms with Crippen molar-refractivity contribution in [2.24, 2.45) is 4.99 Å². The SMILES string of the molecule is C/C=C/CN1C(SCCCc2ccccc2)=NC2C1C(=O)NC(=O)N2C. The first-order valence-electron chi connectivity index (χ1n) is 8.82. The quantitative estimate of drug-likeness (QED) is 0.615. The minimum atomic E-state index is -0.453. The Morgan fingerprint density at radius 3 is 2.77 bits per heavy atom. The Morgan fingerprint density at radius 2 is 2.04 bits per heavy atom. The van der Waals surface area contributed by atoms with Crippen LogP contribution in [0.5, 0.6) is 0 Å². The minimum absolute atomic E-state index is 0.272. The van der Waals surface area contributed by atoms with Gasteiger partial charge in [-0.25, -0.2) is 9.79 Å². The Hall–Kier alpha value is -2.28. The summed E-state index contributed by atoms with van der Waals surface area (Å²) < 4.78 is 0. The second-order valence-electron chi connectivity index (χ2n) is 6.33. The van der Waals surface area contributed by atoms with Gasteiger partial charge in [-0.3, -0.25) is 10.1 Å². The van der Waals surface area contributed by atoms with E-state index in [1.54, 1.807) is 18.8 Å². The fraction of sp³-hybridized carbons (Fsp3) is 0.421. The first-order chi connectivity index (χ1) is 12.6. The molecule has 1 saturated heterocycles. The van der Waals surface area contributed by atoms with Crippen LogP contribution in [0.25, 0.3) is 0 Å². The molecule has 2 aliphatic rings. The third-order valence-electron chi connectivity index (χ3n) is 4.54. The highest BCUT2D eigenvalue weighted by Crippen LogP contribution is 2.28. The van der Waals surface area contributed by atoms with E-state index >= 15 is 0 Å². The number of benzene rings is 1. The molecule has 2 atom stereocenters. The van der Waals surface area contributed by atoms with Gasteiger partial charge >= 0.3 is 6.03 Å². The van der Waals surface area contributed by atoms with Gasteiger partial charge in [0.15, 0.2) is 17.4 Å². The van der Waals surface area contributed by atoms with Crippen LogP contribution in [0.3, 0.4) is 0 Å². The second-order valence-corrected chi connectivity index (χ2v) is 7.40. The monoisotopic (exact) mass is 372 g/mol. The molecule has 3 rings (SSSR count). The largest absolute Gasteiger partial charge is 0.332 e. The molecule has 0 spiro atoms. The van der Waals surface area contributed by atoms with Crippen molar-refractivity contribution in [3.63, 3.8) is 0 Å². The Bertz CT molecular complexity index is 720. The van der Waals surface area contributed by atoms with Crippen molar-refractivity contribution >= 4 is 28.9 Å². The number of carbonyl (C=O) groups is 2. The van der Waals surface area contributed by atoms with Crippen molar-refractivity contribution in [1.29, 1.82) is 0 Å². The van der Waals surface area contributed by atoms with E-state index in [1.807, 2.05) is 30.0 Å². The maximum absolute atomic E-state index is 12.4. The van der Waals surface area contributed by atoms with E-state index in [-0.39, 0.29) is 11.9 Å². The van der Waals surface area contributed by atoms with Crippen LogP contribution in [0, 0.1) is 0 Å². The van der Waals surface area contributed by atoms with Crippen molar-refractivity contribution in [1.82, 2.24) is 15.1 Å². The molecule has 0 saturated carbocycles. The van der Waals surface area contributed by atoms with Crippen LogP contribution < -0.4 is 5.32 Å². The van der Waals surface area contributed by atoms with Gasteiger partial charge in [-0.1, -0.05) is 54.2 Å². The zero-order chi connectivity index (χ0) is 18.5. The number of urea groups is 1. The van der Waals surface area contributed by atoms with E-state index in [9.17, 15) is 9.59 Å². The molecule has 0 radical (unpaired) electrons. The van der Waals surface area contributed by atoms with Crippen molar-refractivity contribution in [3.8, 4) is 0 Å². The molecule has 26 heavy (non-hydrogen) atoms. The van der Waals surface area contributed by atoms with Crippen LogP contribution in [0.4, 0.5) is 4.79 Å². The Morgan fingerprint density at radius 1 is 1.27 bits per heavy atom. The number of amidine groups is 1. The van der Waals surface area contributed by atoms with Crippen LogP contribution in [-0.2, 0) is 11.2 Å². The summed E-state index contributed by atoms with van der Waals surface area (Å²) in [6, 6.07) is 9.56. The molecule has 1 N–H and O–H groups in total. The lowest BCUT2D eigenvalue weighted by Gasteiger charge is -2.35. The number of nitrogens with zero attached hydrogens (tertiary/aromatic N) is 3. The number of fused-ring (bicyclic) bond motifs is 1. The fourth-order valence-electron chi connectivity index (χ4n) is 3.12. The minimum Gasteiger partial charge on any atom is -0.332 e. The molecule has 7 heteroatoms. The number of nitrogens with one attached hydrogen (secondary N) is 1. The van der Waals surface area contributed by atoms with E-state index in [0.717, 1.165) is 23.8 Å². The Kier molecular flexibility index (Phi) is 5.98.